The molecule has 0 bridgehead atoms. The summed E-state index contributed by atoms with van der Waals surface area (Å²) in [6, 6.07) is 10.1. The van der Waals surface area contributed by atoms with Gasteiger partial charge in [-0.05, 0) is 6.92 Å². The standard InChI is InChI=1S/C15H18N4O2/c1-11(21-2)15(20)18-8-13(9-18)19-10-14(16-17-19)12-6-4-3-5-7-12/h3-7,10-11,13H,8-9H2,1-2H3/t11-/m1/s1. The molecule has 0 spiro atoms. The monoisotopic (exact) mass is 286 g/mol. The van der Waals surface area contributed by atoms with Gasteiger partial charge in [0.15, 0.2) is 0 Å². The highest BCUT2D eigenvalue weighted by Gasteiger charge is 2.34. The van der Waals surface area contributed by atoms with E-state index in [0.717, 1.165) is 11.3 Å². The molecule has 1 aliphatic rings. The zero-order chi connectivity index (χ0) is 14.8. The molecular formula is C15H18N4O2. The van der Waals surface area contributed by atoms with Crippen molar-refractivity contribution in [1.82, 2.24) is 19.9 Å². The van der Waals surface area contributed by atoms with Crippen LogP contribution in [0.2, 0.25) is 0 Å². The smallest absolute Gasteiger partial charge is 0.251 e. The van der Waals surface area contributed by atoms with Crippen LogP contribution in [-0.4, -0.2) is 52.1 Å². The molecule has 21 heavy (non-hydrogen) atoms. The van der Waals surface area contributed by atoms with Gasteiger partial charge in [0.2, 0.25) is 0 Å². The van der Waals surface area contributed by atoms with Crippen LogP contribution in [0.15, 0.2) is 36.5 Å². The Bertz CT molecular complexity index is 620. The van der Waals surface area contributed by atoms with Gasteiger partial charge in [-0.15, -0.1) is 5.10 Å². The first-order valence-electron chi connectivity index (χ1n) is 6.98. The fourth-order valence-electron chi connectivity index (χ4n) is 2.36. The van der Waals surface area contributed by atoms with E-state index in [2.05, 4.69) is 10.3 Å². The average molecular weight is 286 g/mol. The maximum Gasteiger partial charge on any atom is 0.251 e. The zero-order valence-corrected chi connectivity index (χ0v) is 12.1. The fraction of sp³-hybridized carbons (Fsp3) is 0.400. The van der Waals surface area contributed by atoms with E-state index in [-0.39, 0.29) is 18.1 Å². The number of nitrogens with zero attached hydrogens (tertiary/aromatic N) is 4. The van der Waals surface area contributed by atoms with Gasteiger partial charge in [-0.2, -0.15) is 0 Å². The van der Waals surface area contributed by atoms with E-state index in [9.17, 15) is 4.79 Å². The molecule has 6 heteroatoms. The summed E-state index contributed by atoms with van der Waals surface area (Å²) in [5.74, 6) is 0.0251. The lowest BCUT2D eigenvalue weighted by atomic mass is 10.1. The van der Waals surface area contributed by atoms with E-state index in [0.29, 0.717) is 13.1 Å². The summed E-state index contributed by atoms with van der Waals surface area (Å²) in [5.41, 5.74) is 1.90. The number of aromatic nitrogens is 3. The van der Waals surface area contributed by atoms with Crippen LogP contribution < -0.4 is 0 Å². The Morgan fingerprint density at radius 1 is 1.33 bits per heavy atom. The molecule has 0 saturated carbocycles. The fourth-order valence-corrected chi connectivity index (χ4v) is 2.36. The molecule has 1 saturated heterocycles. The van der Waals surface area contributed by atoms with Crippen molar-refractivity contribution in [2.24, 2.45) is 0 Å². The number of ether oxygens (including phenoxy) is 1. The van der Waals surface area contributed by atoms with Crippen molar-refractivity contribution in [2.75, 3.05) is 20.2 Å². The number of hydrogen-bond acceptors (Lipinski definition) is 4. The SMILES string of the molecule is CO[C@H](C)C(=O)N1CC(n2cc(-c3ccccc3)nn2)C1. The van der Waals surface area contributed by atoms with E-state index in [4.69, 9.17) is 4.74 Å². The molecule has 110 valence electrons. The Kier molecular flexibility index (Phi) is 3.70. The minimum absolute atomic E-state index is 0.0251. The number of benzene rings is 1. The summed E-state index contributed by atoms with van der Waals surface area (Å²) in [5, 5.41) is 8.37. The van der Waals surface area contributed by atoms with Crippen molar-refractivity contribution in [1.29, 1.82) is 0 Å². The summed E-state index contributed by atoms with van der Waals surface area (Å²) in [4.78, 5) is 13.7. The number of likely N-dealkylation sites (tertiary alicyclic amines) is 1. The Labute approximate surface area is 123 Å². The first kappa shape index (κ1) is 13.8. The molecule has 1 atom stereocenters. The lowest BCUT2D eigenvalue weighted by Gasteiger charge is -2.39. The zero-order valence-electron chi connectivity index (χ0n) is 12.1. The number of methoxy groups -OCH3 is 1. The highest BCUT2D eigenvalue weighted by atomic mass is 16.5. The largest absolute Gasteiger partial charge is 0.372 e. The summed E-state index contributed by atoms with van der Waals surface area (Å²) < 4.78 is 6.88. The average Bonchev–Trinajstić information content (AvgIpc) is 2.95. The quantitative estimate of drug-likeness (QED) is 0.851. The third-order valence-corrected chi connectivity index (χ3v) is 3.83. The van der Waals surface area contributed by atoms with E-state index in [1.54, 1.807) is 18.9 Å². The Morgan fingerprint density at radius 2 is 2.05 bits per heavy atom. The van der Waals surface area contributed by atoms with Crippen LogP contribution in [0.4, 0.5) is 0 Å². The van der Waals surface area contributed by atoms with Crippen LogP contribution in [0.1, 0.15) is 13.0 Å². The molecule has 0 unspecified atom stereocenters. The highest BCUT2D eigenvalue weighted by molar-refractivity contribution is 5.81. The second-order valence-corrected chi connectivity index (χ2v) is 5.22. The molecule has 2 heterocycles. The number of rotatable bonds is 4. The number of carbonyl (C=O) groups excluding carboxylic acids is 1. The van der Waals surface area contributed by atoms with Crippen molar-refractivity contribution >= 4 is 5.91 Å². The van der Waals surface area contributed by atoms with Crippen molar-refractivity contribution in [2.45, 2.75) is 19.1 Å². The summed E-state index contributed by atoms with van der Waals surface area (Å²) in [7, 11) is 1.55. The summed E-state index contributed by atoms with van der Waals surface area (Å²) in [6.45, 7) is 3.08. The number of carbonyl (C=O) groups is 1. The van der Waals surface area contributed by atoms with Crippen molar-refractivity contribution in [3.8, 4) is 11.3 Å². The van der Waals surface area contributed by atoms with E-state index in [1.807, 2.05) is 41.2 Å². The lowest BCUT2D eigenvalue weighted by Crippen LogP contribution is -2.53. The second kappa shape index (κ2) is 5.65. The molecule has 6 nitrogen and oxygen atoms in total. The summed E-state index contributed by atoms with van der Waals surface area (Å²) >= 11 is 0. The van der Waals surface area contributed by atoms with Crippen molar-refractivity contribution < 1.29 is 9.53 Å². The van der Waals surface area contributed by atoms with Gasteiger partial charge < -0.3 is 9.64 Å². The maximum atomic E-state index is 11.9. The molecule has 1 amide bonds. The second-order valence-electron chi connectivity index (χ2n) is 5.22. The maximum absolute atomic E-state index is 11.9. The van der Waals surface area contributed by atoms with Crippen molar-refractivity contribution in [3.05, 3.63) is 36.5 Å². The predicted octanol–water partition coefficient (Wildman–Crippen LogP) is 1.36. The molecule has 2 aromatic rings. The Balaban J connectivity index is 1.63. The van der Waals surface area contributed by atoms with Gasteiger partial charge in [-0.25, -0.2) is 4.68 Å². The van der Waals surface area contributed by atoms with Gasteiger partial charge in [-0.3, -0.25) is 4.79 Å². The van der Waals surface area contributed by atoms with Gasteiger partial charge in [0.05, 0.1) is 12.2 Å². The molecule has 1 aromatic heterocycles. The Morgan fingerprint density at radius 3 is 2.71 bits per heavy atom. The third-order valence-electron chi connectivity index (χ3n) is 3.83. The molecule has 3 rings (SSSR count). The van der Waals surface area contributed by atoms with Gasteiger partial charge in [0, 0.05) is 25.8 Å². The minimum Gasteiger partial charge on any atom is -0.372 e. The first-order chi connectivity index (χ1) is 10.2. The van der Waals surface area contributed by atoms with Crippen LogP contribution in [0.3, 0.4) is 0 Å². The number of hydrogen-bond donors (Lipinski definition) is 0. The molecule has 1 aromatic carbocycles. The topological polar surface area (TPSA) is 60.2 Å². The summed E-state index contributed by atoms with van der Waals surface area (Å²) in [6.07, 6.45) is 1.54. The molecule has 0 N–H and O–H groups in total. The third kappa shape index (κ3) is 2.67. The predicted molar refractivity (Wildman–Crippen MR) is 77.5 cm³/mol. The van der Waals surface area contributed by atoms with Crippen molar-refractivity contribution in [3.63, 3.8) is 0 Å². The number of amides is 1. The molecular weight excluding hydrogens is 268 g/mol. The van der Waals surface area contributed by atoms with Crippen LogP contribution >= 0.6 is 0 Å². The van der Waals surface area contributed by atoms with Gasteiger partial charge in [0.1, 0.15) is 11.8 Å². The first-order valence-corrected chi connectivity index (χ1v) is 6.98. The van der Waals surface area contributed by atoms with Crippen LogP contribution in [0.25, 0.3) is 11.3 Å². The highest BCUT2D eigenvalue weighted by Crippen LogP contribution is 2.23. The molecule has 0 aliphatic carbocycles. The van der Waals surface area contributed by atoms with Gasteiger partial charge in [-0.1, -0.05) is 35.5 Å². The normalized spacial score (nSPS) is 16.6. The van der Waals surface area contributed by atoms with Gasteiger partial charge >= 0.3 is 0 Å². The molecule has 1 fully saturated rings. The minimum atomic E-state index is -0.387. The van der Waals surface area contributed by atoms with Crippen LogP contribution in [0.5, 0.6) is 0 Å². The van der Waals surface area contributed by atoms with E-state index in [1.165, 1.54) is 0 Å². The van der Waals surface area contributed by atoms with E-state index < -0.39 is 0 Å². The van der Waals surface area contributed by atoms with E-state index >= 15 is 0 Å². The Hall–Kier alpha value is -2.21. The van der Waals surface area contributed by atoms with Crippen LogP contribution in [-0.2, 0) is 9.53 Å². The molecule has 0 radical (unpaired) electrons. The van der Waals surface area contributed by atoms with Gasteiger partial charge in [0.25, 0.3) is 5.91 Å². The molecule has 1 aliphatic heterocycles. The van der Waals surface area contributed by atoms with Crippen LogP contribution in [0, 0.1) is 0 Å². The lowest BCUT2D eigenvalue weighted by molar-refractivity contribution is -0.147.